The van der Waals surface area contributed by atoms with E-state index >= 15 is 0 Å². The molecule has 0 bridgehead atoms. The lowest BCUT2D eigenvalue weighted by molar-refractivity contribution is -0.384. The van der Waals surface area contributed by atoms with E-state index in [0.717, 1.165) is 24.3 Å². The zero-order valence-corrected chi connectivity index (χ0v) is 9.90. The number of benzene rings is 1. The highest BCUT2D eigenvalue weighted by molar-refractivity contribution is 5.87. The first kappa shape index (κ1) is 14.4. The van der Waals surface area contributed by atoms with Crippen molar-refractivity contribution in [3.63, 3.8) is 0 Å². The number of aromatic nitrogens is 3. The molecule has 1 N–H and O–H groups in total. The third kappa shape index (κ3) is 2.66. The number of nitrogens with zero attached hydrogens (tertiary/aromatic N) is 4. The van der Waals surface area contributed by atoms with Crippen LogP contribution in [-0.4, -0.2) is 31.0 Å². The van der Waals surface area contributed by atoms with Gasteiger partial charge in [-0.3, -0.25) is 10.1 Å². The van der Waals surface area contributed by atoms with Crippen LogP contribution in [-0.2, 0) is 6.18 Å². The van der Waals surface area contributed by atoms with E-state index in [1.54, 1.807) is 0 Å². The van der Waals surface area contributed by atoms with Crippen LogP contribution in [0.25, 0.3) is 5.69 Å². The Hall–Kier alpha value is -2.98. The fraction of sp³-hybridized carbons (Fsp3) is 0.100. The van der Waals surface area contributed by atoms with E-state index in [9.17, 15) is 28.1 Å². The summed E-state index contributed by atoms with van der Waals surface area (Å²) in [6.45, 7) is 0. The largest absolute Gasteiger partial charge is 0.476 e. The Kier molecular flexibility index (Phi) is 3.33. The number of nitro benzene ring substituents is 1. The summed E-state index contributed by atoms with van der Waals surface area (Å²) in [6.07, 6.45) is -4.98. The second-order valence-electron chi connectivity index (χ2n) is 3.77. The summed E-state index contributed by atoms with van der Waals surface area (Å²) in [5.41, 5.74) is -3.21. The molecule has 2 rings (SSSR count). The van der Waals surface area contributed by atoms with Crippen molar-refractivity contribution in [2.24, 2.45) is 0 Å². The molecule has 0 unspecified atom stereocenters. The molecule has 11 heteroatoms. The molecule has 0 saturated heterocycles. The van der Waals surface area contributed by atoms with Crippen molar-refractivity contribution < 1.29 is 28.0 Å². The van der Waals surface area contributed by atoms with Crippen LogP contribution in [0.1, 0.15) is 16.2 Å². The lowest BCUT2D eigenvalue weighted by Crippen LogP contribution is -2.15. The maximum Gasteiger partial charge on any atom is 0.437 e. The topological polar surface area (TPSA) is 111 Å². The van der Waals surface area contributed by atoms with Gasteiger partial charge in [-0.25, -0.2) is 9.48 Å². The van der Waals surface area contributed by atoms with Crippen LogP contribution >= 0.6 is 0 Å². The molecule has 0 saturated carbocycles. The van der Waals surface area contributed by atoms with Gasteiger partial charge in [0, 0.05) is 12.1 Å². The van der Waals surface area contributed by atoms with Crippen LogP contribution in [0.5, 0.6) is 0 Å². The molecule has 0 spiro atoms. The highest BCUT2D eigenvalue weighted by Gasteiger charge is 2.41. The van der Waals surface area contributed by atoms with Gasteiger partial charge in [0.2, 0.25) is 5.69 Å². The number of rotatable bonds is 3. The molecule has 21 heavy (non-hydrogen) atoms. The minimum atomic E-state index is -4.98. The van der Waals surface area contributed by atoms with Crippen molar-refractivity contribution in [2.75, 3.05) is 0 Å². The van der Waals surface area contributed by atoms with E-state index < -0.39 is 28.5 Å². The van der Waals surface area contributed by atoms with Gasteiger partial charge in [0.05, 0.1) is 10.6 Å². The zero-order valence-electron chi connectivity index (χ0n) is 9.90. The molecule has 110 valence electrons. The summed E-state index contributed by atoms with van der Waals surface area (Å²) < 4.78 is 38.4. The molecule has 0 aliphatic heterocycles. The molecule has 0 radical (unpaired) electrons. The lowest BCUT2D eigenvalue weighted by atomic mass is 10.2. The van der Waals surface area contributed by atoms with Gasteiger partial charge in [0.25, 0.3) is 5.69 Å². The van der Waals surface area contributed by atoms with Crippen LogP contribution in [0.4, 0.5) is 18.9 Å². The summed E-state index contributed by atoms with van der Waals surface area (Å²) in [5, 5.41) is 25.3. The fourth-order valence-corrected chi connectivity index (χ4v) is 1.56. The number of aromatic carboxylic acids is 1. The van der Waals surface area contributed by atoms with Crippen LogP contribution in [0, 0.1) is 10.1 Å². The van der Waals surface area contributed by atoms with E-state index in [1.807, 2.05) is 0 Å². The van der Waals surface area contributed by atoms with Gasteiger partial charge in [0.1, 0.15) is 0 Å². The Morgan fingerprint density at radius 1 is 1.29 bits per heavy atom. The predicted octanol–water partition coefficient (Wildman–Crippen LogP) is 1.89. The Balaban J connectivity index is 2.57. The number of hydrogen-bond acceptors (Lipinski definition) is 5. The van der Waals surface area contributed by atoms with Gasteiger partial charge < -0.3 is 5.11 Å². The average molecular weight is 302 g/mol. The summed E-state index contributed by atoms with van der Waals surface area (Å²) in [4.78, 5) is 20.8. The summed E-state index contributed by atoms with van der Waals surface area (Å²) in [6, 6.07) is 4.16. The molecular weight excluding hydrogens is 297 g/mol. The van der Waals surface area contributed by atoms with Crippen molar-refractivity contribution in [1.29, 1.82) is 0 Å². The molecule has 2 aromatic rings. The Labute approximate surface area is 113 Å². The van der Waals surface area contributed by atoms with Gasteiger partial charge in [-0.15, -0.1) is 5.10 Å². The summed E-state index contributed by atoms with van der Waals surface area (Å²) in [7, 11) is 0. The van der Waals surface area contributed by atoms with Gasteiger partial charge in [-0.2, -0.15) is 13.2 Å². The number of hydrogen-bond donors (Lipinski definition) is 1. The molecule has 1 aromatic carbocycles. The van der Waals surface area contributed by atoms with Crippen molar-refractivity contribution in [3.8, 4) is 5.69 Å². The summed E-state index contributed by atoms with van der Waals surface area (Å²) in [5.74, 6) is -1.87. The van der Waals surface area contributed by atoms with E-state index in [1.165, 1.54) is 0 Å². The van der Waals surface area contributed by atoms with Gasteiger partial charge in [0.15, 0.2) is 5.69 Å². The van der Waals surface area contributed by atoms with E-state index in [0.29, 0.717) is 4.68 Å². The fourth-order valence-electron chi connectivity index (χ4n) is 1.56. The van der Waals surface area contributed by atoms with Crippen LogP contribution in [0.3, 0.4) is 0 Å². The molecular formula is C10H5F3N4O4. The van der Waals surface area contributed by atoms with E-state index in [-0.39, 0.29) is 11.4 Å². The smallest absolute Gasteiger partial charge is 0.437 e. The first-order valence-corrected chi connectivity index (χ1v) is 5.23. The van der Waals surface area contributed by atoms with Crippen LogP contribution in [0.15, 0.2) is 24.3 Å². The van der Waals surface area contributed by atoms with Crippen LogP contribution in [0.2, 0.25) is 0 Å². The quantitative estimate of drug-likeness (QED) is 0.684. The molecule has 0 aliphatic rings. The highest BCUT2D eigenvalue weighted by atomic mass is 19.4. The number of carboxylic acids is 1. The molecule has 0 aliphatic carbocycles. The number of non-ortho nitro benzene ring substituents is 1. The lowest BCUT2D eigenvalue weighted by Gasteiger charge is -2.05. The minimum Gasteiger partial charge on any atom is -0.476 e. The average Bonchev–Trinajstić information content (AvgIpc) is 2.83. The van der Waals surface area contributed by atoms with Gasteiger partial charge in [-0.05, 0) is 12.1 Å². The Morgan fingerprint density at radius 2 is 1.86 bits per heavy atom. The third-order valence-electron chi connectivity index (χ3n) is 2.45. The second-order valence-corrected chi connectivity index (χ2v) is 3.77. The minimum absolute atomic E-state index is 0.0963. The van der Waals surface area contributed by atoms with Crippen molar-refractivity contribution >= 4 is 11.7 Å². The predicted molar refractivity (Wildman–Crippen MR) is 60.0 cm³/mol. The van der Waals surface area contributed by atoms with Crippen molar-refractivity contribution in [2.45, 2.75) is 6.18 Å². The third-order valence-corrected chi connectivity index (χ3v) is 2.45. The Bertz CT molecular complexity index is 708. The number of nitro groups is 1. The number of halogens is 3. The maximum atomic E-state index is 12.6. The van der Waals surface area contributed by atoms with Gasteiger partial charge in [-0.1, -0.05) is 5.21 Å². The standard InChI is InChI=1S/C10H5F3N4O4/c11-10(12,13)8-7(9(18)19)16(15-14-8)5-1-3-6(4-2-5)17(20)21/h1-4H,(H,18,19). The molecule has 1 heterocycles. The first-order valence-electron chi connectivity index (χ1n) is 5.23. The zero-order chi connectivity index (χ0) is 15.8. The second kappa shape index (κ2) is 4.85. The number of carboxylic acid groups (broad SMARTS) is 1. The molecule has 0 amide bonds. The van der Waals surface area contributed by atoms with Crippen molar-refractivity contribution in [3.05, 3.63) is 45.8 Å². The molecule has 1 aromatic heterocycles. The summed E-state index contributed by atoms with van der Waals surface area (Å²) >= 11 is 0. The Morgan fingerprint density at radius 3 is 2.29 bits per heavy atom. The van der Waals surface area contributed by atoms with E-state index in [4.69, 9.17) is 5.11 Å². The number of carbonyl (C=O) groups is 1. The first-order chi connectivity index (χ1) is 9.71. The van der Waals surface area contributed by atoms with Gasteiger partial charge >= 0.3 is 12.1 Å². The highest BCUT2D eigenvalue weighted by Crippen LogP contribution is 2.31. The molecule has 0 atom stereocenters. The van der Waals surface area contributed by atoms with Crippen LogP contribution < -0.4 is 0 Å². The van der Waals surface area contributed by atoms with E-state index in [2.05, 4.69) is 10.3 Å². The SMILES string of the molecule is O=C(O)c1c(C(F)(F)F)nnn1-c1ccc([N+](=O)[O-])cc1. The monoisotopic (exact) mass is 302 g/mol. The molecule has 0 fully saturated rings. The molecule has 8 nitrogen and oxygen atoms in total. The number of alkyl halides is 3. The van der Waals surface area contributed by atoms with Crippen molar-refractivity contribution in [1.82, 2.24) is 15.0 Å². The maximum absolute atomic E-state index is 12.6. The normalized spacial score (nSPS) is 11.4.